The second-order valence-electron chi connectivity index (χ2n) is 4.08. The van der Waals surface area contributed by atoms with E-state index in [0.29, 0.717) is 0 Å². The van der Waals surface area contributed by atoms with Gasteiger partial charge in [0, 0.05) is 9.75 Å². The molecule has 0 fully saturated rings. The van der Waals surface area contributed by atoms with Gasteiger partial charge in [-0.25, -0.2) is 0 Å². The number of aliphatic carboxylic acids is 1. The van der Waals surface area contributed by atoms with Crippen molar-refractivity contribution in [3.63, 3.8) is 0 Å². The van der Waals surface area contributed by atoms with Crippen molar-refractivity contribution in [2.45, 2.75) is 19.8 Å². The lowest BCUT2D eigenvalue weighted by Gasteiger charge is -2.03. The first-order valence-electron chi connectivity index (χ1n) is 5.48. The lowest BCUT2D eigenvalue weighted by atomic mass is 10.1. The van der Waals surface area contributed by atoms with Crippen LogP contribution in [-0.4, -0.2) is 11.1 Å². The number of aryl methyl sites for hydroxylation is 1. The molecule has 1 unspecified atom stereocenters. The second-order valence-corrected chi connectivity index (χ2v) is 5.19. The summed E-state index contributed by atoms with van der Waals surface area (Å²) < 4.78 is 0. The fraction of sp³-hybridized carbons (Fsp3) is 0.214. The SMILES string of the molecule is Cc1ccccc1-c1ccc(C(C)C(=O)O)s1. The van der Waals surface area contributed by atoms with Crippen LogP contribution in [0.4, 0.5) is 0 Å². The third kappa shape index (κ3) is 2.39. The van der Waals surface area contributed by atoms with Crippen LogP contribution in [-0.2, 0) is 4.79 Å². The molecule has 2 nitrogen and oxygen atoms in total. The van der Waals surface area contributed by atoms with Gasteiger partial charge in [-0.3, -0.25) is 4.79 Å². The highest BCUT2D eigenvalue weighted by atomic mass is 32.1. The molecule has 1 atom stereocenters. The molecule has 0 aliphatic carbocycles. The van der Waals surface area contributed by atoms with Gasteiger partial charge in [0.1, 0.15) is 0 Å². The summed E-state index contributed by atoms with van der Waals surface area (Å²) in [7, 11) is 0. The van der Waals surface area contributed by atoms with Gasteiger partial charge in [-0.2, -0.15) is 0 Å². The Morgan fingerprint density at radius 1 is 1.24 bits per heavy atom. The summed E-state index contributed by atoms with van der Waals surface area (Å²) in [6.07, 6.45) is 0. The van der Waals surface area contributed by atoms with Gasteiger partial charge >= 0.3 is 5.97 Å². The third-order valence-electron chi connectivity index (χ3n) is 2.83. The van der Waals surface area contributed by atoms with Crippen molar-refractivity contribution in [1.29, 1.82) is 0 Å². The topological polar surface area (TPSA) is 37.3 Å². The molecule has 1 aromatic carbocycles. The highest BCUT2D eigenvalue weighted by Gasteiger charge is 2.16. The first-order chi connectivity index (χ1) is 8.09. The summed E-state index contributed by atoms with van der Waals surface area (Å²) in [4.78, 5) is 12.9. The molecule has 0 spiro atoms. The van der Waals surface area contributed by atoms with Crippen LogP contribution >= 0.6 is 11.3 Å². The molecule has 88 valence electrons. The smallest absolute Gasteiger partial charge is 0.311 e. The summed E-state index contributed by atoms with van der Waals surface area (Å²) in [6.45, 7) is 3.78. The molecule has 0 saturated carbocycles. The van der Waals surface area contributed by atoms with E-state index in [1.54, 1.807) is 18.3 Å². The van der Waals surface area contributed by atoms with Gasteiger partial charge in [-0.15, -0.1) is 11.3 Å². The molecular weight excluding hydrogens is 232 g/mol. The zero-order valence-electron chi connectivity index (χ0n) is 9.81. The predicted octanol–water partition coefficient (Wildman–Crippen LogP) is 3.91. The van der Waals surface area contributed by atoms with Crippen molar-refractivity contribution in [1.82, 2.24) is 0 Å². The molecular formula is C14H14O2S. The largest absolute Gasteiger partial charge is 0.481 e. The number of hydrogen-bond acceptors (Lipinski definition) is 2. The predicted molar refractivity (Wildman–Crippen MR) is 70.5 cm³/mol. The average molecular weight is 246 g/mol. The van der Waals surface area contributed by atoms with Crippen molar-refractivity contribution in [3.05, 3.63) is 46.8 Å². The van der Waals surface area contributed by atoms with Crippen molar-refractivity contribution in [2.24, 2.45) is 0 Å². The van der Waals surface area contributed by atoms with Crippen LogP contribution in [0, 0.1) is 6.92 Å². The van der Waals surface area contributed by atoms with E-state index in [2.05, 4.69) is 19.1 Å². The summed E-state index contributed by atoms with van der Waals surface area (Å²) in [5, 5.41) is 8.98. The van der Waals surface area contributed by atoms with Crippen LogP contribution in [0.5, 0.6) is 0 Å². The Hall–Kier alpha value is -1.61. The fourth-order valence-electron chi connectivity index (χ4n) is 1.70. The molecule has 0 saturated heterocycles. The molecule has 0 amide bonds. The van der Waals surface area contributed by atoms with E-state index in [1.807, 2.05) is 24.3 Å². The molecule has 17 heavy (non-hydrogen) atoms. The molecule has 2 rings (SSSR count). The van der Waals surface area contributed by atoms with Crippen molar-refractivity contribution < 1.29 is 9.90 Å². The lowest BCUT2D eigenvalue weighted by Crippen LogP contribution is -2.04. The van der Waals surface area contributed by atoms with E-state index < -0.39 is 11.9 Å². The van der Waals surface area contributed by atoms with E-state index in [9.17, 15) is 4.79 Å². The van der Waals surface area contributed by atoms with Crippen molar-refractivity contribution in [2.75, 3.05) is 0 Å². The van der Waals surface area contributed by atoms with Gasteiger partial charge in [0.05, 0.1) is 5.92 Å². The van der Waals surface area contributed by atoms with Crippen molar-refractivity contribution >= 4 is 17.3 Å². The highest BCUT2D eigenvalue weighted by Crippen LogP contribution is 2.33. The maximum absolute atomic E-state index is 10.9. The fourth-order valence-corrected chi connectivity index (χ4v) is 2.84. The second kappa shape index (κ2) is 4.72. The minimum Gasteiger partial charge on any atom is -0.481 e. The van der Waals surface area contributed by atoms with Gasteiger partial charge in [0.15, 0.2) is 0 Å². The van der Waals surface area contributed by atoms with Crippen LogP contribution in [0.25, 0.3) is 10.4 Å². The summed E-state index contributed by atoms with van der Waals surface area (Å²) in [5.41, 5.74) is 2.39. The Morgan fingerprint density at radius 2 is 1.94 bits per heavy atom. The number of carbonyl (C=O) groups is 1. The highest BCUT2D eigenvalue weighted by molar-refractivity contribution is 7.15. The first-order valence-corrected chi connectivity index (χ1v) is 6.30. The van der Waals surface area contributed by atoms with Crippen LogP contribution in [0.2, 0.25) is 0 Å². The first kappa shape index (κ1) is 11.9. The molecule has 0 aliphatic rings. The van der Waals surface area contributed by atoms with Crippen LogP contribution in [0.3, 0.4) is 0 Å². The van der Waals surface area contributed by atoms with E-state index in [4.69, 9.17) is 5.11 Å². The summed E-state index contributed by atoms with van der Waals surface area (Å²) >= 11 is 1.56. The minimum atomic E-state index is -0.775. The molecule has 1 N–H and O–H groups in total. The van der Waals surface area contributed by atoms with Gasteiger partial charge in [-0.05, 0) is 37.1 Å². The van der Waals surface area contributed by atoms with Crippen LogP contribution in [0.1, 0.15) is 23.3 Å². The zero-order valence-corrected chi connectivity index (χ0v) is 10.6. The van der Waals surface area contributed by atoms with Gasteiger partial charge < -0.3 is 5.11 Å². The number of carboxylic acid groups (broad SMARTS) is 1. The standard InChI is InChI=1S/C14H14O2S/c1-9-5-3-4-6-11(9)13-8-7-12(17-13)10(2)14(15)16/h3-8,10H,1-2H3,(H,15,16). The Bertz CT molecular complexity index is 543. The van der Waals surface area contributed by atoms with E-state index in [-0.39, 0.29) is 0 Å². The molecule has 3 heteroatoms. The average Bonchev–Trinajstić information content (AvgIpc) is 2.77. The van der Waals surface area contributed by atoms with Gasteiger partial charge in [-0.1, -0.05) is 24.3 Å². The lowest BCUT2D eigenvalue weighted by molar-refractivity contribution is -0.138. The summed E-state index contributed by atoms with van der Waals surface area (Å²) in [6, 6.07) is 12.0. The van der Waals surface area contributed by atoms with Crippen molar-refractivity contribution in [3.8, 4) is 10.4 Å². The van der Waals surface area contributed by atoms with Gasteiger partial charge in [0.25, 0.3) is 0 Å². The quantitative estimate of drug-likeness (QED) is 0.891. The van der Waals surface area contributed by atoms with E-state index in [0.717, 1.165) is 9.75 Å². The van der Waals surface area contributed by atoms with Gasteiger partial charge in [0.2, 0.25) is 0 Å². The Labute approximate surface area is 105 Å². The molecule has 0 radical (unpaired) electrons. The number of benzene rings is 1. The zero-order chi connectivity index (χ0) is 12.4. The number of rotatable bonds is 3. The monoisotopic (exact) mass is 246 g/mol. The van der Waals surface area contributed by atoms with E-state index in [1.165, 1.54) is 11.1 Å². The molecule has 2 aromatic rings. The molecule has 1 aromatic heterocycles. The number of thiophene rings is 1. The number of hydrogen-bond donors (Lipinski definition) is 1. The van der Waals surface area contributed by atoms with Crippen LogP contribution < -0.4 is 0 Å². The Kier molecular flexibility index (Phi) is 3.29. The summed E-state index contributed by atoms with van der Waals surface area (Å²) in [5.74, 6) is -1.21. The Balaban J connectivity index is 2.37. The molecule has 0 aliphatic heterocycles. The normalized spacial score (nSPS) is 12.4. The maximum Gasteiger partial charge on any atom is 0.311 e. The van der Waals surface area contributed by atoms with Crippen LogP contribution in [0.15, 0.2) is 36.4 Å². The third-order valence-corrected chi connectivity index (χ3v) is 4.14. The van der Waals surface area contributed by atoms with E-state index >= 15 is 0 Å². The number of carboxylic acids is 1. The Morgan fingerprint density at radius 3 is 2.59 bits per heavy atom. The minimum absolute atomic E-state index is 0.433. The molecule has 0 bridgehead atoms. The maximum atomic E-state index is 10.9. The molecule has 1 heterocycles.